The summed E-state index contributed by atoms with van der Waals surface area (Å²) in [6.07, 6.45) is 1.83. The maximum atomic E-state index is 13.7. The first kappa shape index (κ1) is 34.6. The third-order valence-corrected chi connectivity index (χ3v) is 8.49. The number of benzene rings is 2. The molecular weight excluding hydrogens is 604 g/mol. The molecule has 2 aromatic carbocycles. The number of ether oxygens (including phenoxy) is 2. The van der Waals surface area contributed by atoms with Gasteiger partial charge in [-0.2, -0.15) is 0 Å². The van der Waals surface area contributed by atoms with Crippen molar-refractivity contribution in [2.75, 3.05) is 6.61 Å². The van der Waals surface area contributed by atoms with Crippen LogP contribution >= 0.6 is 0 Å². The van der Waals surface area contributed by atoms with Crippen molar-refractivity contribution in [3.05, 3.63) is 59.2 Å². The van der Waals surface area contributed by atoms with Crippen molar-refractivity contribution in [3.63, 3.8) is 0 Å². The van der Waals surface area contributed by atoms with Crippen LogP contribution in [0.4, 0.5) is 0 Å². The van der Waals surface area contributed by atoms with Gasteiger partial charge in [0.2, 0.25) is 0 Å². The van der Waals surface area contributed by atoms with Gasteiger partial charge in [-0.15, -0.1) is 0 Å². The van der Waals surface area contributed by atoms with E-state index in [9.17, 15) is 55.2 Å². The van der Waals surface area contributed by atoms with Crippen molar-refractivity contribution in [1.82, 2.24) is 0 Å². The molecule has 2 aliphatic rings. The fourth-order valence-electron chi connectivity index (χ4n) is 5.87. The smallest absolute Gasteiger partial charge is 0.336 e. The van der Waals surface area contributed by atoms with Gasteiger partial charge < -0.3 is 50.3 Å². The Kier molecular flexibility index (Phi) is 10.9. The summed E-state index contributed by atoms with van der Waals surface area (Å²) in [5.41, 5.74) is -2.73. The zero-order chi connectivity index (χ0) is 33.6. The summed E-state index contributed by atoms with van der Waals surface area (Å²) >= 11 is 0. The summed E-state index contributed by atoms with van der Waals surface area (Å²) in [6.45, 7) is -1.19. The number of phenols is 4. The Morgan fingerprint density at radius 1 is 0.826 bits per heavy atom. The van der Waals surface area contributed by atoms with Crippen molar-refractivity contribution >= 4 is 29.7 Å². The van der Waals surface area contributed by atoms with E-state index in [0.29, 0.717) is 18.4 Å². The lowest BCUT2D eigenvalue weighted by Crippen LogP contribution is -2.60. The Balaban J connectivity index is 1.53. The monoisotopic (exact) mass is 642 g/mol. The second kappa shape index (κ2) is 14.4. The van der Waals surface area contributed by atoms with Gasteiger partial charge in [-0.25, -0.2) is 4.79 Å². The standard InChI is InChI=1S/C33H38O13/c34-17-21-14-26(39)25(38)13-20(21)6-9-29(41)32(10-2-1-3-11-32)46-28-16-33(31(43)44,15-27(40)30(28)42)45-18-22(35)7-4-19-5-8-23(36)24(37)12-19/h4-9,12-14,27-28,30,34,36-40,42H,1-3,10-11,15-18H2,(H,43,44)/t27-,28-,30-,33-/m1/s1. The molecule has 13 nitrogen and oxygen atoms in total. The normalized spacial score (nSPS) is 24.7. The third kappa shape index (κ3) is 7.74. The van der Waals surface area contributed by atoms with E-state index in [0.717, 1.165) is 18.6 Å². The molecule has 0 heterocycles. The van der Waals surface area contributed by atoms with Gasteiger partial charge in [0, 0.05) is 12.8 Å². The predicted octanol–water partition coefficient (Wildman–Crippen LogP) is 2.31. The molecule has 0 aliphatic heterocycles. The molecule has 0 spiro atoms. The van der Waals surface area contributed by atoms with Crippen LogP contribution in [0.15, 0.2) is 42.5 Å². The van der Waals surface area contributed by atoms with Crippen LogP contribution < -0.4 is 0 Å². The second-order valence-electron chi connectivity index (χ2n) is 11.7. The van der Waals surface area contributed by atoms with E-state index < -0.39 is 90.4 Å². The highest BCUT2D eigenvalue weighted by Crippen LogP contribution is 2.41. The number of carbonyl (C=O) groups is 3. The molecule has 46 heavy (non-hydrogen) atoms. The maximum absolute atomic E-state index is 13.7. The van der Waals surface area contributed by atoms with E-state index in [2.05, 4.69) is 0 Å². The van der Waals surface area contributed by atoms with Crippen molar-refractivity contribution in [2.45, 2.75) is 81.1 Å². The summed E-state index contributed by atoms with van der Waals surface area (Å²) in [5, 5.41) is 80.2. The average Bonchev–Trinajstić information content (AvgIpc) is 3.03. The molecule has 0 aromatic heterocycles. The van der Waals surface area contributed by atoms with Crippen LogP contribution in [0.2, 0.25) is 0 Å². The molecular formula is C33H38O13. The minimum atomic E-state index is -2.14. The van der Waals surface area contributed by atoms with Crippen molar-refractivity contribution < 1.29 is 64.7 Å². The molecule has 2 aromatic rings. The maximum Gasteiger partial charge on any atom is 0.336 e. The molecule has 0 amide bonds. The van der Waals surface area contributed by atoms with E-state index >= 15 is 0 Å². The zero-order valence-electron chi connectivity index (χ0n) is 24.9. The quantitative estimate of drug-likeness (QED) is 0.123. The largest absolute Gasteiger partial charge is 0.504 e. The summed E-state index contributed by atoms with van der Waals surface area (Å²) in [5.74, 6) is -4.28. The average molecular weight is 643 g/mol. The van der Waals surface area contributed by atoms with Crippen LogP contribution in [-0.2, 0) is 30.5 Å². The molecule has 4 atom stereocenters. The molecule has 2 saturated carbocycles. The summed E-state index contributed by atoms with van der Waals surface area (Å²) in [7, 11) is 0. The van der Waals surface area contributed by atoms with E-state index in [1.165, 1.54) is 42.5 Å². The molecule has 0 bridgehead atoms. The van der Waals surface area contributed by atoms with Crippen molar-refractivity contribution in [2.24, 2.45) is 0 Å². The van der Waals surface area contributed by atoms with E-state index in [1.807, 2.05) is 0 Å². The van der Waals surface area contributed by atoms with Gasteiger partial charge >= 0.3 is 5.97 Å². The first-order valence-electron chi connectivity index (χ1n) is 14.8. The SMILES string of the molecule is O=C(C=Cc1ccc(O)c(O)c1)CO[C@]1(C(=O)O)C[C@@H](O)[C@@H](O)[C@H](OC2(C(=O)C=Cc3cc(O)c(O)cc3CO)CCCCC2)C1. The summed E-state index contributed by atoms with van der Waals surface area (Å²) < 4.78 is 11.9. The molecule has 248 valence electrons. The van der Waals surface area contributed by atoms with Gasteiger partial charge in [-0.05, 0) is 65.9 Å². The first-order chi connectivity index (χ1) is 21.8. The number of aliphatic hydroxyl groups is 3. The highest BCUT2D eigenvalue weighted by atomic mass is 16.6. The number of ketones is 2. The summed E-state index contributed by atoms with van der Waals surface area (Å²) in [4.78, 5) is 38.8. The Hall–Kier alpha value is -4.27. The lowest BCUT2D eigenvalue weighted by molar-refractivity contribution is -0.227. The first-order valence-corrected chi connectivity index (χ1v) is 14.8. The van der Waals surface area contributed by atoms with Crippen molar-refractivity contribution in [3.8, 4) is 23.0 Å². The zero-order valence-corrected chi connectivity index (χ0v) is 24.9. The number of carboxylic acids is 1. The van der Waals surface area contributed by atoms with Crippen LogP contribution in [0.1, 0.15) is 61.6 Å². The summed E-state index contributed by atoms with van der Waals surface area (Å²) in [6, 6.07) is 6.24. The van der Waals surface area contributed by atoms with Gasteiger partial charge in [0.05, 0.1) is 18.8 Å². The van der Waals surface area contributed by atoms with Crippen LogP contribution in [0.5, 0.6) is 23.0 Å². The Labute approximate surface area is 264 Å². The molecule has 2 fully saturated rings. The number of rotatable bonds is 12. The van der Waals surface area contributed by atoms with Gasteiger partial charge in [0.1, 0.15) is 18.3 Å². The molecule has 0 saturated heterocycles. The van der Waals surface area contributed by atoms with Crippen molar-refractivity contribution in [1.29, 1.82) is 0 Å². The molecule has 0 radical (unpaired) electrons. The Morgan fingerprint density at radius 2 is 1.50 bits per heavy atom. The lowest BCUT2D eigenvalue weighted by atomic mass is 9.77. The molecule has 0 unspecified atom stereocenters. The predicted molar refractivity (Wildman–Crippen MR) is 162 cm³/mol. The second-order valence-corrected chi connectivity index (χ2v) is 11.7. The highest BCUT2D eigenvalue weighted by Gasteiger charge is 2.54. The molecule has 13 heteroatoms. The number of hydrogen-bond acceptors (Lipinski definition) is 12. The third-order valence-electron chi connectivity index (χ3n) is 8.49. The molecule has 2 aliphatic carbocycles. The fraction of sp³-hybridized carbons (Fsp3) is 0.424. The topological polar surface area (TPSA) is 232 Å². The minimum Gasteiger partial charge on any atom is -0.504 e. The van der Waals surface area contributed by atoms with Gasteiger partial charge in [-0.3, -0.25) is 9.59 Å². The minimum absolute atomic E-state index is 0.236. The van der Waals surface area contributed by atoms with E-state index in [1.54, 1.807) is 0 Å². The number of aromatic hydroxyl groups is 4. The number of carbonyl (C=O) groups excluding carboxylic acids is 2. The van der Waals surface area contributed by atoms with E-state index in [4.69, 9.17) is 9.47 Å². The number of aliphatic hydroxyl groups excluding tert-OH is 3. The van der Waals surface area contributed by atoms with Crippen LogP contribution in [-0.4, -0.2) is 94.5 Å². The van der Waals surface area contributed by atoms with Crippen LogP contribution in [0, 0.1) is 0 Å². The van der Waals surface area contributed by atoms with E-state index in [-0.39, 0.29) is 29.7 Å². The molecule has 4 rings (SSSR count). The lowest BCUT2D eigenvalue weighted by Gasteiger charge is -2.46. The number of aliphatic carboxylic acids is 1. The van der Waals surface area contributed by atoms with Gasteiger partial charge in [-0.1, -0.05) is 37.5 Å². The highest BCUT2D eigenvalue weighted by molar-refractivity contribution is 6.00. The number of hydrogen-bond donors (Lipinski definition) is 8. The number of carboxylic acid groups (broad SMARTS) is 1. The Bertz CT molecular complexity index is 1510. The van der Waals surface area contributed by atoms with Gasteiger partial charge in [0.15, 0.2) is 40.2 Å². The number of phenolic OH excluding ortho intramolecular Hbond substituents is 4. The van der Waals surface area contributed by atoms with Gasteiger partial charge in [0.25, 0.3) is 0 Å². The Morgan fingerprint density at radius 3 is 2.15 bits per heavy atom. The van der Waals surface area contributed by atoms with Crippen LogP contribution in [0.3, 0.4) is 0 Å². The fourth-order valence-corrected chi connectivity index (χ4v) is 5.87. The van der Waals surface area contributed by atoms with Crippen LogP contribution in [0.25, 0.3) is 12.2 Å². The molecule has 8 N–H and O–H groups in total.